The summed E-state index contributed by atoms with van der Waals surface area (Å²) in [7, 11) is 0. The Labute approximate surface area is 82.2 Å². The van der Waals surface area contributed by atoms with Gasteiger partial charge in [-0.25, -0.2) is 0 Å². The lowest BCUT2D eigenvalue weighted by Gasteiger charge is -1.94. The first-order chi connectivity index (χ1) is 5.75. The van der Waals surface area contributed by atoms with Crippen LogP contribution >= 0.6 is 0 Å². The average molecular weight is 204 g/mol. The topological polar surface area (TPSA) is 50.4 Å². The molecule has 0 amide bonds. The number of aromatic hydroxyl groups is 1. The van der Waals surface area contributed by atoms with E-state index in [1.807, 2.05) is 0 Å². The van der Waals surface area contributed by atoms with E-state index in [0.717, 1.165) is 4.57 Å². The average Bonchev–Trinajstić information content (AvgIpc) is 2.05. The lowest BCUT2D eigenvalue weighted by atomic mass is 10.5. The molecule has 1 N–H and O–H groups in total. The zero-order valence-electron chi connectivity index (χ0n) is 7.11. The number of ether oxygens (including phenoxy) is 1. The van der Waals surface area contributed by atoms with Gasteiger partial charge in [0.1, 0.15) is 0 Å². The fraction of sp³-hybridized carbons (Fsp3) is 0.250. The van der Waals surface area contributed by atoms with E-state index in [0.29, 0.717) is 6.61 Å². The summed E-state index contributed by atoms with van der Waals surface area (Å²) in [5, 5.41) is 9.17. The smallest absolute Gasteiger partial charge is 0.605 e. The van der Waals surface area contributed by atoms with Crippen LogP contribution in [0.15, 0.2) is 24.4 Å². The predicted octanol–water partition coefficient (Wildman–Crippen LogP) is -2.31. The molecule has 1 rings (SSSR count). The van der Waals surface area contributed by atoms with Crippen molar-refractivity contribution in [1.82, 2.24) is 0 Å². The maximum Gasteiger partial charge on any atom is 0.605 e. The van der Waals surface area contributed by atoms with E-state index in [-0.39, 0.29) is 18.3 Å². The quantitative estimate of drug-likeness (QED) is 0.522. The van der Waals surface area contributed by atoms with Crippen molar-refractivity contribution in [1.29, 1.82) is 0 Å². The lowest BCUT2D eigenvalue weighted by Crippen LogP contribution is -3.00. The summed E-state index contributed by atoms with van der Waals surface area (Å²) < 4.78 is 5.70. The Morgan fingerprint density at radius 2 is 2.31 bits per heavy atom. The third-order valence-electron chi connectivity index (χ3n) is 1.30. The molecular weight excluding hydrogens is 194 g/mol. The van der Waals surface area contributed by atoms with Crippen molar-refractivity contribution in [2.75, 3.05) is 6.61 Å². The molecule has 5 heteroatoms. The first-order valence-electron chi connectivity index (χ1n) is 3.62. The van der Waals surface area contributed by atoms with Crippen LogP contribution in [0, 0.1) is 0 Å². The minimum absolute atomic E-state index is 0. The van der Waals surface area contributed by atoms with Gasteiger partial charge in [0.25, 0.3) is 0 Å². The molecule has 0 aliphatic carbocycles. The Morgan fingerprint density at radius 3 is 2.85 bits per heavy atom. The summed E-state index contributed by atoms with van der Waals surface area (Å²) in [6.07, 6.45) is 0.864. The minimum Gasteiger partial charge on any atom is -1.00 e. The normalized spacial score (nSPS) is 8.69. The fourth-order valence-electron chi connectivity index (χ4n) is 0.781. The largest absolute Gasteiger partial charge is 1.00 e. The van der Waals surface area contributed by atoms with Gasteiger partial charge in [-0.05, 0) is 13.0 Å². The van der Waals surface area contributed by atoms with Crippen molar-refractivity contribution in [3.05, 3.63) is 24.4 Å². The molecule has 1 aromatic rings. The van der Waals surface area contributed by atoms with Crippen LogP contribution in [-0.4, -0.2) is 17.8 Å². The van der Waals surface area contributed by atoms with Crippen molar-refractivity contribution in [3.8, 4) is 5.88 Å². The SMILES string of the molecule is CCOC(=O)[n+]1ccccc1O.[Cl-]. The number of halogens is 1. The van der Waals surface area contributed by atoms with Gasteiger partial charge in [-0.3, -0.25) is 0 Å². The number of nitrogens with zero attached hydrogens (tertiary/aromatic N) is 1. The van der Waals surface area contributed by atoms with Gasteiger partial charge in [-0.2, -0.15) is 4.79 Å². The highest BCUT2D eigenvalue weighted by Gasteiger charge is 2.19. The molecule has 0 fully saturated rings. The maximum atomic E-state index is 11.0. The van der Waals surface area contributed by atoms with Crippen molar-refractivity contribution in [3.63, 3.8) is 0 Å². The first-order valence-corrected chi connectivity index (χ1v) is 3.62. The molecule has 72 valence electrons. The van der Waals surface area contributed by atoms with Gasteiger partial charge in [0, 0.05) is 6.07 Å². The van der Waals surface area contributed by atoms with E-state index in [2.05, 4.69) is 4.74 Å². The van der Waals surface area contributed by atoms with Crippen LogP contribution in [0.5, 0.6) is 5.88 Å². The van der Waals surface area contributed by atoms with Gasteiger partial charge in [-0.1, -0.05) is 4.57 Å². The zero-order chi connectivity index (χ0) is 8.97. The van der Waals surface area contributed by atoms with Crippen LogP contribution in [0.4, 0.5) is 4.79 Å². The Bertz CT molecular complexity index is 290. The maximum absolute atomic E-state index is 11.0. The number of carbonyl (C=O) groups excluding carboxylic acids is 1. The second-order valence-corrected chi connectivity index (χ2v) is 2.13. The second kappa shape index (κ2) is 5.37. The molecular formula is C8H10ClNO3. The van der Waals surface area contributed by atoms with Crippen molar-refractivity contribution < 1.29 is 31.6 Å². The van der Waals surface area contributed by atoms with Gasteiger partial charge in [0.2, 0.25) is 0 Å². The van der Waals surface area contributed by atoms with Gasteiger partial charge in [0.15, 0.2) is 6.20 Å². The van der Waals surface area contributed by atoms with Gasteiger partial charge in [-0.15, -0.1) is 0 Å². The number of pyridine rings is 1. The van der Waals surface area contributed by atoms with E-state index < -0.39 is 6.09 Å². The van der Waals surface area contributed by atoms with Crippen LogP contribution in [0.1, 0.15) is 6.92 Å². The molecule has 4 nitrogen and oxygen atoms in total. The summed E-state index contributed by atoms with van der Waals surface area (Å²) in [4.78, 5) is 11.0. The number of hydrogen-bond donors (Lipinski definition) is 1. The first kappa shape index (κ1) is 11.7. The van der Waals surface area contributed by atoms with Gasteiger partial charge < -0.3 is 22.3 Å². The highest BCUT2D eigenvalue weighted by atomic mass is 35.5. The van der Waals surface area contributed by atoms with E-state index in [4.69, 9.17) is 5.11 Å². The molecule has 0 unspecified atom stereocenters. The summed E-state index contributed by atoms with van der Waals surface area (Å²) in [5.41, 5.74) is 0. The molecule has 13 heavy (non-hydrogen) atoms. The summed E-state index contributed by atoms with van der Waals surface area (Å²) in [6, 6.07) is 4.68. The predicted molar refractivity (Wildman–Crippen MR) is 40.7 cm³/mol. The van der Waals surface area contributed by atoms with E-state index >= 15 is 0 Å². The molecule has 0 aliphatic heterocycles. The number of rotatable bonds is 1. The summed E-state index contributed by atoms with van der Waals surface area (Å²) in [6.45, 7) is 2.00. The summed E-state index contributed by atoms with van der Waals surface area (Å²) in [5.74, 6) is -0.129. The molecule has 1 aromatic heterocycles. The Kier molecular flexibility index (Phi) is 4.84. The van der Waals surface area contributed by atoms with Crippen LogP contribution < -0.4 is 17.0 Å². The molecule has 0 bridgehead atoms. The Morgan fingerprint density at radius 1 is 1.62 bits per heavy atom. The van der Waals surface area contributed by atoms with Crippen molar-refractivity contribution >= 4 is 6.09 Å². The van der Waals surface area contributed by atoms with Crippen LogP contribution in [0.2, 0.25) is 0 Å². The second-order valence-electron chi connectivity index (χ2n) is 2.13. The monoisotopic (exact) mass is 203 g/mol. The van der Waals surface area contributed by atoms with Crippen LogP contribution in [0.3, 0.4) is 0 Å². The Hall–Kier alpha value is -1.29. The molecule has 0 saturated carbocycles. The fourth-order valence-corrected chi connectivity index (χ4v) is 0.781. The molecule has 0 spiro atoms. The molecule has 0 atom stereocenters. The highest BCUT2D eigenvalue weighted by molar-refractivity contribution is 5.57. The van der Waals surface area contributed by atoms with Crippen LogP contribution in [-0.2, 0) is 4.74 Å². The number of hydrogen-bond acceptors (Lipinski definition) is 3. The van der Waals surface area contributed by atoms with Crippen LogP contribution in [0.25, 0.3) is 0 Å². The molecule has 0 saturated heterocycles. The molecule has 0 aromatic carbocycles. The van der Waals surface area contributed by atoms with E-state index in [1.165, 1.54) is 12.3 Å². The summed E-state index contributed by atoms with van der Waals surface area (Å²) >= 11 is 0. The standard InChI is InChI=1S/C8H9NO3.ClH/c1-2-12-8(11)9-6-4-3-5-7(9)10;/h3-6H,2H2,1H3;1H. The highest BCUT2D eigenvalue weighted by Crippen LogP contribution is 1.97. The minimum atomic E-state index is -0.574. The number of carbonyl (C=O) groups is 1. The van der Waals surface area contributed by atoms with E-state index in [9.17, 15) is 4.79 Å². The van der Waals surface area contributed by atoms with Gasteiger partial charge >= 0.3 is 12.0 Å². The Balaban J connectivity index is 0.00000144. The molecule has 1 heterocycles. The third kappa shape index (κ3) is 2.91. The van der Waals surface area contributed by atoms with Gasteiger partial charge in [0.05, 0.1) is 12.7 Å². The van der Waals surface area contributed by atoms with Crippen molar-refractivity contribution in [2.45, 2.75) is 6.92 Å². The lowest BCUT2D eigenvalue weighted by molar-refractivity contribution is -0.594. The molecule has 0 radical (unpaired) electrons. The van der Waals surface area contributed by atoms with Crippen molar-refractivity contribution in [2.24, 2.45) is 0 Å². The number of aromatic nitrogens is 1. The molecule has 0 aliphatic rings. The van der Waals surface area contributed by atoms with E-state index in [1.54, 1.807) is 19.1 Å². The zero-order valence-corrected chi connectivity index (χ0v) is 7.86. The third-order valence-corrected chi connectivity index (χ3v) is 1.30.